The van der Waals surface area contributed by atoms with Crippen LogP contribution in [0, 0.1) is 11.8 Å². The summed E-state index contributed by atoms with van der Waals surface area (Å²) in [5.74, 6) is -1.26. The molecule has 4 atom stereocenters. The molecule has 1 aromatic carbocycles. The van der Waals surface area contributed by atoms with Crippen molar-refractivity contribution in [1.82, 2.24) is 4.72 Å². The molecule has 2 rings (SSSR count). The lowest BCUT2D eigenvalue weighted by molar-refractivity contribution is -0.120. The summed E-state index contributed by atoms with van der Waals surface area (Å²) in [4.78, 5) is 23.7. The molecule has 7 nitrogen and oxygen atoms in total. The lowest BCUT2D eigenvalue weighted by atomic mass is 9.90. The van der Waals surface area contributed by atoms with Crippen LogP contribution in [0.5, 0.6) is 0 Å². The maximum Gasteiger partial charge on any atom is 0.233 e. The zero-order valence-electron chi connectivity index (χ0n) is 17.7. The molecule has 0 saturated heterocycles. The molecular formula is C23H31NO6S. The van der Waals surface area contributed by atoms with E-state index in [0.717, 1.165) is 11.8 Å². The number of sulfonamides is 1. The first-order chi connectivity index (χ1) is 14.7. The lowest BCUT2D eigenvalue weighted by Gasteiger charge is -2.17. The molecule has 0 radical (unpaired) electrons. The number of benzene rings is 1. The van der Waals surface area contributed by atoms with Gasteiger partial charge in [0.15, 0.2) is 0 Å². The van der Waals surface area contributed by atoms with Crippen LogP contribution in [0.25, 0.3) is 0 Å². The maximum absolute atomic E-state index is 12.3. The molecule has 170 valence electrons. The second-order valence-electron chi connectivity index (χ2n) is 7.97. The molecule has 1 saturated carbocycles. The Kier molecular flexibility index (Phi) is 9.61. The summed E-state index contributed by atoms with van der Waals surface area (Å²) in [5, 5.41) is 20.5. The molecule has 0 aliphatic heterocycles. The molecule has 1 amide bonds. The summed E-state index contributed by atoms with van der Waals surface area (Å²) >= 11 is 0. The van der Waals surface area contributed by atoms with E-state index in [2.05, 4.69) is 0 Å². The van der Waals surface area contributed by atoms with Gasteiger partial charge in [-0.1, -0.05) is 54.6 Å². The van der Waals surface area contributed by atoms with Gasteiger partial charge in [-0.25, -0.2) is 8.42 Å². The third-order valence-corrected chi connectivity index (χ3v) is 5.81. The highest BCUT2D eigenvalue weighted by Gasteiger charge is 2.39. The van der Waals surface area contributed by atoms with E-state index in [-0.39, 0.29) is 24.5 Å². The highest BCUT2D eigenvalue weighted by molar-refractivity contribution is 7.89. The fourth-order valence-corrected chi connectivity index (χ4v) is 4.22. The van der Waals surface area contributed by atoms with E-state index < -0.39 is 34.1 Å². The Balaban J connectivity index is 1.81. The van der Waals surface area contributed by atoms with Crippen molar-refractivity contribution in [2.75, 3.05) is 6.26 Å². The van der Waals surface area contributed by atoms with Gasteiger partial charge in [0.1, 0.15) is 5.78 Å². The highest BCUT2D eigenvalue weighted by atomic mass is 32.2. The van der Waals surface area contributed by atoms with Gasteiger partial charge in [0, 0.05) is 31.1 Å². The van der Waals surface area contributed by atoms with Gasteiger partial charge in [-0.15, -0.1) is 0 Å². The Labute approximate surface area is 183 Å². The fourth-order valence-electron chi connectivity index (χ4n) is 3.71. The van der Waals surface area contributed by atoms with Gasteiger partial charge in [-0.05, 0) is 24.8 Å². The average Bonchev–Trinajstić information content (AvgIpc) is 2.95. The molecule has 0 aromatic heterocycles. The van der Waals surface area contributed by atoms with Crippen molar-refractivity contribution in [3.8, 4) is 0 Å². The SMILES string of the molecule is CS(=O)(=O)NC(=O)CCC/C=C\C[C@H]1[C@@H](O)CC(=O)[C@@H]1/C=C/[C@@H](O)Cc1ccccc1. The van der Waals surface area contributed by atoms with Gasteiger partial charge in [0.05, 0.1) is 18.5 Å². The zero-order chi connectivity index (χ0) is 22.9. The molecule has 1 aliphatic rings. The number of aliphatic hydroxyl groups is 2. The molecule has 0 heterocycles. The van der Waals surface area contributed by atoms with Crippen molar-refractivity contribution in [1.29, 1.82) is 0 Å². The summed E-state index contributed by atoms with van der Waals surface area (Å²) in [5.41, 5.74) is 1.00. The smallest absolute Gasteiger partial charge is 0.233 e. The van der Waals surface area contributed by atoms with Crippen LogP contribution in [0.3, 0.4) is 0 Å². The summed E-state index contributed by atoms with van der Waals surface area (Å²) < 4.78 is 23.9. The fraction of sp³-hybridized carbons (Fsp3) is 0.478. The number of aliphatic hydroxyl groups excluding tert-OH is 2. The Morgan fingerprint density at radius 1 is 1.26 bits per heavy atom. The van der Waals surface area contributed by atoms with Crippen molar-refractivity contribution in [2.24, 2.45) is 11.8 Å². The molecule has 1 fully saturated rings. The first kappa shape index (κ1) is 25.0. The Morgan fingerprint density at radius 2 is 1.97 bits per heavy atom. The van der Waals surface area contributed by atoms with Crippen LogP contribution >= 0.6 is 0 Å². The lowest BCUT2D eigenvalue weighted by Crippen LogP contribution is -2.28. The largest absolute Gasteiger partial charge is 0.392 e. The van der Waals surface area contributed by atoms with Crippen molar-refractivity contribution >= 4 is 21.7 Å². The minimum Gasteiger partial charge on any atom is -0.392 e. The van der Waals surface area contributed by atoms with E-state index >= 15 is 0 Å². The van der Waals surface area contributed by atoms with Crippen LogP contribution in [0.1, 0.15) is 37.7 Å². The normalized spacial score (nSPS) is 22.9. The number of amides is 1. The number of nitrogens with one attached hydrogen (secondary N) is 1. The molecule has 0 spiro atoms. The predicted molar refractivity (Wildman–Crippen MR) is 118 cm³/mol. The minimum absolute atomic E-state index is 0.0356. The number of hydrogen-bond acceptors (Lipinski definition) is 6. The molecule has 0 unspecified atom stereocenters. The number of carbonyl (C=O) groups excluding carboxylic acids is 2. The van der Waals surface area contributed by atoms with E-state index in [4.69, 9.17) is 0 Å². The van der Waals surface area contributed by atoms with Gasteiger partial charge < -0.3 is 10.2 Å². The number of unbranched alkanes of at least 4 members (excludes halogenated alkanes) is 1. The van der Waals surface area contributed by atoms with E-state index in [1.807, 2.05) is 47.2 Å². The van der Waals surface area contributed by atoms with Gasteiger partial charge in [-0.2, -0.15) is 0 Å². The number of hydrogen-bond donors (Lipinski definition) is 3. The Hall–Kier alpha value is -2.29. The second-order valence-corrected chi connectivity index (χ2v) is 9.71. The van der Waals surface area contributed by atoms with Gasteiger partial charge in [-0.3, -0.25) is 14.3 Å². The topological polar surface area (TPSA) is 121 Å². The number of rotatable bonds is 11. The second kappa shape index (κ2) is 11.9. The Morgan fingerprint density at radius 3 is 2.65 bits per heavy atom. The molecule has 1 aliphatic carbocycles. The van der Waals surface area contributed by atoms with Crippen molar-refractivity contribution < 1.29 is 28.2 Å². The molecule has 8 heteroatoms. The highest BCUT2D eigenvalue weighted by Crippen LogP contribution is 2.33. The number of carbonyl (C=O) groups is 2. The summed E-state index contributed by atoms with van der Waals surface area (Å²) in [7, 11) is -3.53. The standard InChI is InChI=1S/C23H31NO6S/c1-31(29,30)24-23(28)12-8-3-2-7-11-19-20(22(27)16-21(19)26)14-13-18(25)15-17-9-5-4-6-10-17/h2,4-7,9-10,13-14,18-21,25-26H,3,8,11-12,15-16H2,1H3,(H,24,28)/b7-2-,14-13+/t18-,19-,20-,21+/m1/s1. The minimum atomic E-state index is -3.53. The number of allylic oxidation sites excluding steroid dienone is 3. The van der Waals surface area contributed by atoms with Crippen molar-refractivity contribution in [3.63, 3.8) is 0 Å². The van der Waals surface area contributed by atoms with E-state index in [0.29, 0.717) is 25.7 Å². The third-order valence-electron chi connectivity index (χ3n) is 5.21. The van der Waals surface area contributed by atoms with E-state index in [1.165, 1.54) is 0 Å². The zero-order valence-corrected chi connectivity index (χ0v) is 18.5. The molecule has 31 heavy (non-hydrogen) atoms. The molecule has 1 aromatic rings. The van der Waals surface area contributed by atoms with Crippen molar-refractivity contribution in [3.05, 3.63) is 60.2 Å². The molecular weight excluding hydrogens is 418 g/mol. The molecule has 0 bridgehead atoms. The van der Waals surface area contributed by atoms with Gasteiger partial charge in [0.25, 0.3) is 0 Å². The van der Waals surface area contributed by atoms with Crippen molar-refractivity contribution in [2.45, 2.75) is 50.7 Å². The monoisotopic (exact) mass is 449 g/mol. The van der Waals surface area contributed by atoms with Crippen LogP contribution in [-0.2, 0) is 26.0 Å². The average molecular weight is 450 g/mol. The van der Waals surface area contributed by atoms with Crippen LogP contribution in [0.2, 0.25) is 0 Å². The summed E-state index contributed by atoms with van der Waals surface area (Å²) in [6, 6.07) is 9.58. The maximum atomic E-state index is 12.3. The van der Waals surface area contributed by atoms with Crippen LogP contribution in [0.4, 0.5) is 0 Å². The predicted octanol–water partition coefficient (Wildman–Crippen LogP) is 1.90. The third kappa shape index (κ3) is 9.16. The van der Waals surface area contributed by atoms with E-state index in [9.17, 15) is 28.2 Å². The first-order valence-corrected chi connectivity index (χ1v) is 12.3. The number of ketones is 1. The summed E-state index contributed by atoms with van der Waals surface area (Å²) in [6.07, 6.45) is 8.85. The summed E-state index contributed by atoms with van der Waals surface area (Å²) in [6.45, 7) is 0. The van der Waals surface area contributed by atoms with Crippen LogP contribution < -0.4 is 4.72 Å². The van der Waals surface area contributed by atoms with Crippen LogP contribution in [-0.4, -0.2) is 48.8 Å². The quantitative estimate of drug-likeness (QED) is 0.351. The van der Waals surface area contributed by atoms with Crippen LogP contribution in [0.15, 0.2) is 54.6 Å². The molecule has 3 N–H and O–H groups in total. The first-order valence-electron chi connectivity index (χ1n) is 10.4. The van der Waals surface area contributed by atoms with Gasteiger partial charge >= 0.3 is 0 Å². The van der Waals surface area contributed by atoms with E-state index in [1.54, 1.807) is 12.2 Å². The number of Topliss-reactive ketones (excluding diaryl/α,β-unsaturated/α-hetero) is 1. The van der Waals surface area contributed by atoms with Gasteiger partial charge in [0.2, 0.25) is 15.9 Å². The Bertz CT molecular complexity index is 894.